The summed E-state index contributed by atoms with van der Waals surface area (Å²) in [5.74, 6) is 1.29. The fourth-order valence-corrected chi connectivity index (χ4v) is 5.54. The number of benzene rings is 1. The average Bonchev–Trinajstić information content (AvgIpc) is 2.70. The second-order valence-corrected chi connectivity index (χ2v) is 10.5. The van der Waals surface area contributed by atoms with E-state index in [-0.39, 0.29) is 16.8 Å². The van der Waals surface area contributed by atoms with Crippen LogP contribution in [-0.2, 0) is 21.2 Å². The lowest BCUT2D eigenvalue weighted by Gasteiger charge is -2.26. The zero-order chi connectivity index (χ0) is 21.6. The molecule has 1 amide bonds. The highest BCUT2D eigenvalue weighted by atomic mass is 32.2. The predicted octanol–water partition coefficient (Wildman–Crippen LogP) is 3.60. The quantitative estimate of drug-likeness (QED) is 0.657. The molecule has 0 aliphatic carbocycles. The Balaban J connectivity index is 2.13. The molecule has 0 radical (unpaired) electrons. The zero-order valence-electron chi connectivity index (χ0n) is 18.4. The number of piperidine rings is 1. The number of carbonyl (C=O) groups is 1. The van der Waals surface area contributed by atoms with Crippen LogP contribution < -0.4 is 10.1 Å². The lowest BCUT2D eigenvalue weighted by molar-refractivity contribution is -0.122. The first kappa shape index (κ1) is 23.7. The highest BCUT2D eigenvalue weighted by Crippen LogP contribution is 2.27. The SMILES string of the molecule is COc1ccc(S(=O)(=O)N2CCCCC2)cc1CCC(=O)NC(C(C)C)C(C)C. The Morgan fingerprint density at radius 2 is 1.72 bits per heavy atom. The van der Waals surface area contributed by atoms with Gasteiger partial charge < -0.3 is 10.1 Å². The Morgan fingerprint density at radius 3 is 2.28 bits per heavy atom. The van der Waals surface area contributed by atoms with Gasteiger partial charge in [-0.1, -0.05) is 34.1 Å². The number of hydrogen-bond donors (Lipinski definition) is 1. The first-order valence-corrected chi connectivity index (χ1v) is 12.1. The first-order chi connectivity index (χ1) is 13.7. The number of sulfonamides is 1. The Labute approximate surface area is 176 Å². The van der Waals surface area contributed by atoms with Crippen LogP contribution in [0.3, 0.4) is 0 Å². The van der Waals surface area contributed by atoms with Gasteiger partial charge >= 0.3 is 0 Å². The minimum Gasteiger partial charge on any atom is -0.496 e. The molecule has 164 valence electrons. The van der Waals surface area contributed by atoms with Crippen molar-refractivity contribution in [3.8, 4) is 5.75 Å². The normalized spacial score (nSPS) is 15.9. The van der Waals surface area contributed by atoms with Gasteiger partial charge in [-0.3, -0.25) is 4.79 Å². The number of hydrogen-bond acceptors (Lipinski definition) is 4. The van der Waals surface area contributed by atoms with Crippen molar-refractivity contribution in [2.45, 2.75) is 70.7 Å². The van der Waals surface area contributed by atoms with Gasteiger partial charge in [0.05, 0.1) is 12.0 Å². The van der Waals surface area contributed by atoms with Crippen LogP contribution in [0.4, 0.5) is 0 Å². The second-order valence-electron chi connectivity index (χ2n) is 8.52. The molecular weight excluding hydrogens is 388 g/mol. The average molecular weight is 425 g/mol. The topological polar surface area (TPSA) is 75.7 Å². The number of ether oxygens (including phenoxy) is 1. The summed E-state index contributed by atoms with van der Waals surface area (Å²) in [4.78, 5) is 12.8. The molecule has 6 nitrogen and oxygen atoms in total. The fraction of sp³-hybridized carbons (Fsp3) is 0.682. The van der Waals surface area contributed by atoms with Crippen molar-refractivity contribution < 1.29 is 17.9 Å². The van der Waals surface area contributed by atoms with Crippen LogP contribution in [0, 0.1) is 11.8 Å². The van der Waals surface area contributed by atoms with E-state index in [1.807, 2.05) is 0 Å². The second kappa shape index (κ2) is 10.4. The van der Waals surface area contributed by atoms with Crippen molar-refractivity contribution in [2.75, 3.05) is 20.2 Å². The Bertz CT molecular complexity index is 776. The molecule has 1 saturated heterocycles. The highest BCUT2D eigenvalue weighted by Gasteiger charge is 2.27. The summed E-state index contributed by atoms with van der Waals surface area (Å²) in [6, 6.07) is 5.07. The van der Waals surface area contributed by atoms with E-state index in [0.29, 0.717) is 43.5 Å². The molecule has 1 aliphatic rings. The van der Waals surface area contributed by atoms with Crippen molar-refractivity contribution in [3.05, 3.63) is 23.8 Å². The molecule has 7 heteroatoms. The van der Waals surface area contributed by atoms with Crippen LogP contribution in [0.25, 0.3) is 0 Å². The highest BCUT2D eigenvalue weighted by molar-refractivity contribution is 7.89. The number of nitrogens with zero attached hydrogens (tertiary/aromatic N) is 1. The van der Waals surface area contributed by atoms with E-state index in [9.17, 15) is 13.2 Å². The van der Waals surface area contributed by atoms with Gasteiger partial charge in [0.15, 0.2) is 0 Å². The van der Waals surface area contributed by atoms with Crippen LogP contribution in [0.5, 0.6) is 5.75 Å². The van der Waals surface area contributed by atoms with Gasteiger partial charge in [-0.25, -0.2) is 8.42 Å². The molecule has 0 bridgehead atoms. The number of amides is 1. The molecule has 29 heavy (non-hydrogen) atoms. The van der Waals surface area contributed by atoms with Crippen molar-refractivity contribution in [3.63, 3.8) is 0 Å². The van der Waals surface area contributed by atoms with Crippen LogP contribution in [0.1, 0.15) is 58.9 Å². The maximum Gasteiger partial charge on any atom is 0.243 e. The number of aryl methyl sites for hydroxylation is 1. The van der Waals surface area contributed by atoms with Crippen LogP contribution in [-0.4, -0.2) is 44.9 Å². The standard InChI is InChI=1S/C22H36N2O4S/c1-16(2)22(17(3)4)23-21(25)12-9-18-15-19(10-11-20(18)28-5)29(26,27)24-13-7-6-8-14-24/h10-11,15-17,22H,6-9,12-14H2,1-5H3,(H,23,25). The molecule has 1 heterocycles. The summed E-state index contributed by atoms with van der Waals surface area (Å²) < 4.78 is 32.9. The molecule has 1 aliphatic heterocycles. The summed E-state index contributed by atoms with van der Waals surface area (Å²) in [6.45, 7) is 9.54. The molecule has 0 saturated carbocycles. The first-order valence-electron chi connectivity index (χ1n) is 10.6. The number of methoxy groups -OCH3 is 1. The molecule has 0 atom stereocenters. The van der Waals surface area contributed by atoms with Crippen LogP contribution in [0.2, 0.25) is 0 Å². The molecule has 0 unspecified atom stereocenters. The molecule has 1 N–H and O–H groups in total. The van der Waals surface area contributed by atoms with E-state index in [4.69, 9.17) is 4.74 Å². The van der Waals surface area contributed by atoms with E-state index >= 15 is 0 Å². The van der Waals surface area contributed by atoms with Gasteiger partial charge in [0.2, 0.25) is 15.9 Å². The summed E-state index contributed by atoms with van der Waals surface area (Å²) in [6.07, 6.45) is 3.59. The number of carbonyl (C=O) groups excluding carboxylic acids is 1. The van der Waals surface area contributed by atoms with E-state index in [2.05, 4.69) is 33.0 Å². The van der Waals surface area contributed by atoms with Crippen LogP contribution >= 0.6 is 0 Å². The lowest BCUT2D eigenvalue weighted by Crippen LogP contribution is -2.42. The van der Waals surface area contributed by atoms with Gasteiger partial charge in [-0.2, -0.15) is 4.31 Å². The molecule has 1 aromatic rings. The fourth-order valence-electron chi connectivity index (χ4n) is 3.97. The minimum absolute atomic E-state index is 0.0243. The van der Waals surface area contributed by atoms with Crippen molar-refractivity contribution in [1.29, 1.82) is 0 Å². The predicted molar refractivity (Wildman–Crippen MR) is 116 cm³/mol. The summed E-state index contributed by atoms with van der Waals surface area (Å²) in [5, 5.41) is 3.11. The number of nitrogens with one attached hydrogen (secondary N) is 1. The van der Waals surface area contributed by atoms with Gasteiger partial charge in [-0.15, -0.1) is 0 Å². The van der Waals surface area contributed by atoms with Crippen LogP contribution in [0.15, 0.2) is 23.1 Å². The third kappa shape index (κ3) is 6.19. The molecule has 2 rings (SSSR count). The minimum atomic E-state index is -3.51. The van der Waals surface area contributed by atoms with Crippen molar-refractivity contribution in [1.82, 2.24) is 9.62 Å². The monoisotopic (exact) mass is 424 g/mol. The summed E-state index contributed by atoms with van der Waals surface area (Å²) in [7, 11) is -1.95. The zero-order valence-corrected chi connectivity index (χ0v) is 19.2. The summed E-state index contributed by atoms with van der Waals surface area (Å²) >= 11 is 0. The summed E-state index contributed by atoms with van der Waals surface area (Å²) in [5.41, 5.74) is 0.742. The van der Waals surface area contributed by atoms with Crippen molar-refractivity contribution in [2.24, 2.45) is 11.8 Å². The van der Waals surface area contributed by atoms with E-state index < -0.39 is 10.0 Å². The Kier molecular flexibility index (Phi) is 8.52. The van der Waals surface area contributed by atoms with Gasteiger partial charge in [0.25, 0.3) is 0 Å². The molecule has 1 aromatic carbocycles. The molecular formula is C22H36N2O4S. The lowest BCUT2D eigenvalue weighted by atomic mass is 9.93. The largest absolute Gasteiger partial charge is 0.496 e. The van der Waals surface area contributed by atoms with Gasteiger partial charge in [-0.05, 0) is 54.9 Å². The maximum absolute atomic E-state index is 13.0. The van der Waals surface area contributed by atoms with E-state index in [0.717, 1.165) is 24.8 Å². The smallest absolute Gasteiger partial charge is 0.243 e. The molecule has 1 fully saturated rings. The third-order valence-electron chi connectivity index (χ3n) is 5.59. The van der Waals surface area contributed by atoms with Crippen molar-refractivity contribution >= 4 is 15.9 Å². The number of rotatable bonds is 9. The van der Waals surface area contributed by atoms with E-state index in [1.54, 1.807) is 29.6 Å². The van der Waals surface area contributed by atoms with Gasteiger partial charge in [0, 0.05) is 25.6 Å². The van der Waals surface area contributed by atoms with E-state index in [1.165, 1.54) is 0 Å². The van der Waals surface area contributed by atoms with Gasteiger partial charge in [0.1, 0.15) is 5.75 Å². The maximum atomic E-state index is 13.0. The third-order valence-corrected chi connectivity index (χ3v) is 7.48. The molecule has 0 aromatic heterocycles. The Hall–Kier alpha value is -1.60. The Morgan fingerprint density at radius 1 is 1.10 bits per heavy atom. The molecule has 0 spiro atoms.